The third kappa shape index (κ3) is 5.04. The number of rotatable bonds is 6. The van der Waals surface area contributed by atoms with E-state index in [1.165, 1.54) is 46.0 Å². The maximum Gasteiger partial charge on any atom is 0.309 e. The number of ether oxygens (including phenoxy) is 1. The predicted octanol–water partition coefficient (Wildman–Crippen LogP) is 1.26. The molecule has 1 rings (SSSR count). The maximum atomic E-state index is 11.3. The molecule has 0 amide bonds. The van der Waals surface area contributed by atoms with E-state index in [0.717, 1.165) is 6.54 Å². The van der Waals surface area contributed by atoms with Crippen LogP contribution in [-0.2, 0) is 9.53 Å². The summed E-state index contributed by atoms with van der Waals surface area (Å²) in [6, 6.07) is 0.565. The van der Waals surface area contributed by atoms with Crippen molar-refractivity contribution in [1.82, 2.24) is 10.2 Å². The Morgan fingerprint density at radius 1 is 1.47 bits per heavy atom. The lowest BCUT2D eigenvalue weighted by atomic mass is 10.0. The van der Waals surface area contributed by atoms with Gasteiger partial charge in [0.05, 0.1) is 13.0 Å². The SMILES string of the molecule is CCCN1CCC(NCC(C)C(=O)OC)CC1. The minimum atomic E-state index is -0.124. The van der Waals surface area contributed by atoms with Crippen LogP contribution in [0.5, 0.6) is 0 Å². The van der Waals surface area contributed by atoms with Crippen LogP contribution in [0, 0.1) is 5.92 Å². The molecule has 0 saturated carbocycles. The number of nitrogens with zero attached hydrogens (tertiary/aromatic N) is 1. The highest BCUT2D eigenvalue weighted by atomic mass is 16.5. The lowest BCUT2D eigenvalue weighted by molar-refractivity contribution is -0.144. The fraction of sp³-hybridized carbons (Fsp3) is 0.923. The van der Waals surface area contributed by atoms with Gasteiger partial charge in [0, 0.05) is 12.6 Å². The lowest BCUT2D eigenvalue weighted by Gasteiger charge is -2.32. The molecule has 0 radical (unpaired) electrons. The average Bonchev–Trinajstić information content (AvgIpc) is 2.37. The Balaban J connectivity index is 2.16. The van der Waals surface area contributed by atoms with E-state index < -0.39 is 0 Å². The first kappa shape index (κ1) is 14.5. The summed E-state index contributed by atoms with van der Waals surface area (Å²) in [6.07, 6.45) is 3.61. The summed E-state index contributed by atoms with van der Waals surface area (Å²) in [5.41, 5.74) is 0. The minimum Gasteiger partial charge on any atom is -0.469 e. The van der Waals surface area contributed by atoms with Crippen LogP contribution in [0.2, 0.25) is 0 Å². The number of piperidine rings is 1. The molecular formula is C13H26N2O2. The van der Waals surface area contributed by atoms with Crippen molar-refractivity contribution in [1.29, 1.82) is 0 Å². The van der Waals surface area contributed by atoms with Gasteiger partial charge >= 0.3 is 5.97 Å². The van der Waals surface area contributed by atoms with E-state index in [0.29, 0.717) is 6.04 Å². The van der Waals surface area contributed by atoms with Gasteiger partial charge in [-0.1, -0.05) is 13.8 Å². The van der Waals surface area contributed by atoms with E-state index in [-0.39, 0.29) is 11.9 Å². The molecule has 1 aliphatic rings. The fourth-order valence-corrected chi connectivity index (χ4v) is 2.30. The van der Waals surface area contributed by atoms with Gasteiger partial charge in [0.25, 0.3) is 0 Å². The van der Waals surface area contributed by atoms with Crippen LogP contribution in [0.1, 0.15) is 33.1 Å². The zero-order valence-electron chi connectivity index (χ0n) is 11.4. The van der Waals surface area contributed by atoms with Gasteiger partial charge in [-0.05, 0) is 38.9 Å². The zero-order chi connectivity index (χ0) is 12.7. The molecule has 0 aromatic carbocycles. The van der Waals surface area contributed by atoms with Crippen LogP contribution in [0.15, 0.2) is 0 Å². The molecule has 1 N–H and O–H groups in total. The molecule has 1 unspecified atom stereocenters. The summed E-state index contributed by atoms with van der Waals surface area (Å²) < 4.78 is 4.71. The number of methoxy groups -OCH3 is 1. The molecule has 0 aromatic heterocycles. The normalized spacial score (nSPS) is 20.2. The Hall–Kier alpha value is -0.610. The second-order valence-electron chi connectivity index (χ2n) is 4.95. The van der Waals surface area contributed by atoms with Gasteiger partial charge in [-0.3, -0.25) is 4.79 Å². The first-order valence-electron chi connectivity index (χ1n) is 6.71. The summed E-state index contributed by atoms with van der Waals surface area (Å²) in [4.78, 5) is 13.8. The van der Waals surface area contributed by atoms with Crippen LogP contribution in [0.25, 0.3) is 0 Å². The van der Waals surface area contributed by atoms with Crippen LogP contribution in [0.4, 0.5) is 0 Å². The van der Waals surface area contributed by atoms with Crippen LogP contribution >= 0.6 is 0 Å². The maximum absolute atomic E-state index is 11.3. The quantitative estimate of drug-likeness (QED) is 0.712. The van der Waals surface area contributed by atoms with Crippen molar-refractivity contribution < 1.29 is 9.53 Å². The summed E-state index contributed by atoms with van der Waals surface area (Å²) in [5.74, 6) is -0.172. The molecule has 17 heavy (non-hydrogen) atoms. The Bertz CT molecular complexity index is 225. The number of hydrogen-bond donors (Lipinski definition) is 1. The molecule has 0 spiro atoms. The molecule has 1 aliphatic heterocycles. The number of esters is 1. The number of hydrogen-bond acceptors (Lipinski definition) is 4. The average molecular weight is 242 g/mol. The van der Waals surface area contributed by atoms with Gasteiger partial charge in [-0.25, -0.2) is 0 Å². The van der Waals surface area contributed by atoms with Crippen LogP contribution in [0.3, 0.4) is 0 Å². The molecule has 100 valence electrons. The van der Waals surface area contributed by atoms with Crippen molar-refractivity contribution in [2.24, 2.45) is 5.92 Å². The van der Waals surface area contributed by atoms with Gasteiger partial charge in [0.2, 0.25) is 0 Å². The molecule has 4 nitrogen and oxygen atoms in total. The van der Waals surface area contributed by atoms with Gasteiger partial charge in [0.15, 0.2) is 0 Å². The number of likely N-dealkylation sites (tertiary alicyclic amines) is 1. The van der Waals surface area contributed by atoms with Crippen molar-refractivity contribution in [3.8, 4) is 0 Å². The van der Waals surface area contributed by atoms with Gasteiger partial charge < -0.3 is 15.0 Å². The highest BCUT2D eigenvalue weighted by Gasteiger charge is 2.20. The molecular weight excluding hydrogens is 216 g/mol. The Kier molecular flexibility index (Phi) is 6.52. The van der Waals surface area contributed by atoms with Crippen molar-refractivity contribution in [2.45, 2.75) is 39.2 Å². The van der Waals surface area contributed by atoms with E-state index in [1.807, 2.05) is 6.92 Å². The first-order chi connectivity index (χ1) is 8.17. The summed E-state index contributed by atoms with van der Waals surface area (Å²) in [7, 11) is 1.45. The monoisotopic (exact) mass is 242 g/mol. The van der Waals surface area contributed by atoms with Gasteiger partial charge in [-0.15, -0.1) is 0 Å². The molecule has 0 aromatic rings. The van der Waals surface area contributed by atoms with E-state index in [2.05, 4.69) is 17.1 Å². The molecule has 4 heteroatoms. The molecule has 1 heterocycles. The molecule has 1 atom stereocenters. The van der Waals surface area contributed by atoms with E-state index in [9.17, 15) is 4.79 Å². The highest BCUT2D eigenvalue weighted by molar-refractivity contribution is 5.72. The van der Waals surface area contributed by atoms with E-state index in [4.69, 9.17) is 4.74 Å². The summed E-state index contributed by atoms with van der Waals surface area (Å²) in [5, 5.41) is 3.47. The molecule has 0 bridgehead atoms. The fourth-order valence-electron chi connectivity index (χ4n) is 2.30. The largest absolute Gasteiger partial charge is 0.469 e. The number of carbonyl (C=O) groups excluding carboxylic acids is 1. The van der Waals surface area contributed by atoms with Gasteiger partial charge in [0.1, 0.15) is 0 Å². The van der Waals surface area contributed by atoms with Crippen molar-refractivity contribution >= 4 is 5.97 Å². The molecule has 0 aliphatic carbocycles. The minimum absolute atomic E-state index is 0.0475. The Morgan fingerprint density at radius 2 is 2.12 bits per heavy atom. The highest BCUT2D eigenvalue weighted by Crippen LogP contribution is 2.11. The Morgan fingerprint density at radius 3 is 2.65 bits per heavy atom. The Labute approximate surface area is 105 Å². The van der Waals surface area contributed by atoms with Crippen LogP contribution < -0.4 is 5.32 Å². The first-order valence-corrected chi connectivity index (χ1v) is 6.71. The van der Waals surface area contributed by atoms with Crippen molar-refractivity contribution in [3.05, 3.63) is 0 Å². The van der Waals surface area contributed by atoms with E-state index >= 15 is 0 Å². The number of nitrogens with one attached hydrogen (secondary N) is 1. The lowest BCUT2D eigenvalue weighted by Crippen LogP contribution is -2.44. The third-order valence-corrected chi connectivity index (χ3v) is 3.44. The number of carbonyl (C=O) groups is 1. The third-order valence-electron chi connectivity index (χ3n) is 3.44. The van der Waals surface area contributed by atoms with E-state index in [1.54, 1.807) is 0 Å². The second kappa shape index (κ2) is 7.67. The molecule has 1 saturated heterocycles. The topological polar surface area (TPSA) is 41.6 Å². The summed E-state index contributed by atoms with van der Waals surface area (Å²) >= 11 is 0. The van der Waals surface area contributed by atoms with Crippen molar-refractivity contribution in [2.75, 3.05) is 33.3 Å². The second-order valence-corrected chi connectivity index (χ2v) is 4.95. The van der Waals surface area contributed by atoms with Gasteiger partial charge in [-0.2, -0.15) is 0 Å². The standard InChI is InChI=1S/C13H26N2O2/c1-4-7-15-8-5-12(6-9-15)14-10-11(2)13(16)17-3/h11-12,14H,4-10H2,1-3H3. The molecule has 1 fully saturated rings. The van der Waals surface area contributed by atoms with Crippen molar-refractivity contribution in [3.63, 3.8) is 0 Å². The zero-order valence-corrected chi connectivity index (χ0v) is 11.4. The summed E-state index contributed by atoms with van der Waals surface area (Å²) in [6.45, 7) is 8.43. The smallest absolute Gasteiger partial charge is 0.309 e. The van der Waals surface area contributed by atoms with Crippen LogP contribution in [-0.4, -0.2) is 50.2 Å². The predicted molar refractivity (Wildman–Crippen MR) is 68.9 cm³/mol.